The molecule has 0 saturated carbocycles. The van der Waals surface area contributed by atoms with E-state index in [0.717, 1.165) is 10.6 Å². The van der Waals surface area contributed by atoms with Gasteiger partial charge in [0, 0.05) is 0 Å². The number of rotatable bonds is 4. The zero-order valence-electron chi connectivity index (χ0n) is 16.3. The van der Waals surface area contributed by atoms with Crippen LogP contribution in [-0.2, 0) is 18.6 Å². The molecule has 0 spiro atoms. The molecule has 142 valence electrons. The number of hydrogen-bond acceptors (Lipinski definition) is 4. The summed E-state index contributed by atoms with van der Waals surface area (Å²) in [7, 11) is 0. The molecule has 0 N–H and O–H groups in total. The summed E-state index contributed by atoms with van der Waals surface area (Å²) in [6, 6.07) is 19.1. The number of carbonyl (C=O) groups is 2. The molecule has 4 nitrogen and oxygen atoms in total. The molecule has 0 saturated heterocycles. The van der Waals surface area contributed by atoms with Crippen molar-refractivity contribution in [2.24, 2.45) is 0 Å². The molecule has 2 rings (SSSR count). The number of hydrogen-bond donors (Lipinski definition) is 0. The molecule has 26 heavy (non-hydrogen) atoms. The predicted molar refractivity (Wildman–Crippen MR) is 114 cm³/mol. The van der Waals surface area contributed by atoms with Crippen LogP contribution in [0.15, 0.2) is 60.7 Å². The second-order valence-electron chi connectivity index (χ2n) is 8.73. The normalized spacial score (nSPS) is 15.0. The van der Waals surface area contributed by atoms with E-state index in [0.29, 0.717) is 0 Å². The monoisotopic (exact) mass is 394 g/mol. The summed E-state index contributed by atoms with van der Waals surface area (Å²) in [4.78, 5) is 25.1. The van der Waals surface area contributed by atoms with Gasteiger partial charge in [-0.15, -0.1) is 0 Å². The summed E-state index contributed by atoms with van der Waals surface area (Å²) in [5, 5.41) is 1.84. The molecule has 0 heterocycles. The zero-order chi connectivity index (χ0) is 19.7. The predicted octanol–water partition coefficient (Wildman–Crippen LogP) is 3.44. The van der Waals surface area contributed by atoms with Crippen LogP contribution in [-0.4, -0.2) is 51.9 Å². The van der Waals surface area contributed by atoms with Gasteiger partial charge in [-0.25, -0.2) is 0 Å². The molecule has 0 aliphatic heterocycles. The van der Waals surface area contributed by atoms with Crippen molar-refractivity contribution < 1.29 is 18.6 Å². The number of benzene rings is 2. The van der Waals surface area contributed by atoms with Gasteiger partial charge in [0.25, 0.3) is 0 Å². The average molecular weight is 394 g/mol. The van der Waals surface area contributed by atoms with E-state index < -0.39 is 25.6 Å². The van der Waals surface area contributed by atoms with Crippen molar-refractivity contribution in [1.29, 1.82) is 0 Å². The fraction of sp³-hybridized carbons (Fsp3) is 0.300. The standard InChI is InChI=1S/C20H28O4P2/c1-25(2,3,17-13-9-7-10-14-17)23-19(21)20(22)24-26(4,5,6)18-15-11-8-12-16-18/h7-16H,1-6H3. The van der Waals surface area contributed by atoms with Gasteiger partial charge in [-0.05, 0) is 0 Å². The molecular weight excluding hydrogens is 366 g/mol. The topological polar surface area (TPSA) is 52.6 Å². The first-order valence-electron chi connectivity index (χ1n) is 8.38. The molecule has 0 amide bonds. The summed E-state index contributed by atoms with van der Waals surface area (Å²) < 4.78 is 11.5. The Morgan fingerprint density at radius 3 is 1.12 bits per heavy atom. The average Bonchev–Trinajstić information content (AvgIpc) is 2.54. The molecule has 0 fully saturated rings. The SMILES string of the molecule is CP(C)(C)(OC(=O)C(=O)OP(C)(C)(C)c1ccccc1)c1ccccc1. The van der Waals surface area contributed by atoms with E-state index in [9.17, 15) is 9.59 Å². The van der Waals surface area contributed by atoms with Crippen molar-refractivity contribution in [2.75, 3.05) is 40.0 Å². The summed E-state index contributed by atoms with van der Waals surface area (Å²) >= 11 is 0. The zero-order valence-corrected chi connectivity index (χ0v) is 18.1. The van der Waals surface area contributed by atoms with Crippen molar-refractivity contribution in [2.45, 2.75) is 0 Å². The second-order valence-corrected chi connectivity index (χ2v) is 20.7. The van der Waals surface area contributed by atoms with Gasteiger partial charge in [-0.3, -0.25) is 0 Å². The van der Waals surface area contributed by atoms with Crippen LogP contribution in [0.4, 0.5) is 0 Å². The van der Waals surface area contributed by atoms with E-state index >= 15 is 0 Å². The number of carbonyl (C=O) groups excluding carboxylic acids is 2. The van der Waals surface area contributed by atoms with Crippen LogP contribution in [0.25, 0.3) is 0 Å². The molecule has 0 atom stereocenters. The van der Waals surface area contributed by atoms with E-state index in [1.807, 2.05) is 101 Å². The van der Waals surface area contributed by atoms with Gasteiger partial charge in [0.1, 0.15) is 0 Å². The minimum atomic E-state index is -3.00. The maximum absolute atomic E-state index is 12.5. The van der Waals surface area contributed by atoms with Crippen LogP contribution in [0.2, 0.25) is 0 Å². The van der Waals surface area contributed by atoms with Crippen molar-refractivity contribution >= 4 is 36.2 Å². The molecule has 0 aliphatic carbocycles. The van der Waals surface area contributed by atoms with Crippen LogP contribution in [0, 0.1) is 0 Å². The van der Waals surface area contributed by atoms with E-state index in [-0.39, 0.29) is 0 Å². The van der Waals surface area contributed by atoms with Crippen molar-refractivity contribution in [3.63, 3.8) is 0 Å². The Bertz CT molecular complexity index is 741. The first-order chi connectivity index (χ1) is 11.8. The van der Waals surface area contributed by atoms with E-state index in [4.69, 9.17) is 9.05 Å². The molecule has 0 aromatic heterocycles. The van der Waals surface area contributed by atoms with Gasteiger partial charge in [-0.1, -0.05) is 0 Å². The van der Waals surface area contributed by atoms with Crippen LogP contribution in [0.3, 0.4) is 0 Å². The molecule has 2 aromatic rings. The van der Waals surface area contributed by atoms with Crippen LogP contribution in [0.1, 0.15) is 0 Å². The minimum absolute atomic E-state index is 0.921. The Morgan fingerprint density at radius 2 is 0.846 bits per heavy atom. The van der Waals surface area contributed by atoms with Crippen LogP contribution >= 0.6 is 13.7 Å². The second kappa shape index (κ2) is 6.44. The molecule has 0 bridgehead atoms. The Labute approximate surface area is 155 Å². The van der Waals surface area contributed by atoms with E-state index in [2.05, 4.69) is 0 Å². The van der Waals surface area contributed by atoms with Crippen molar-refractivity contribution in [3.05, 3.63) is 60.7 Å². The third-order valence-electron chi connectivity index (χ3n) is 4.24. The van der Waals surface area contributed by atoms with Gasteiger partial charge < -0.3 is 0 Å². The fourth-order valence-corrected chi connectivity index (χ4v) is 6.53. The maximum atomic E-state index is 12.5. The molecule has 2 aromatic carbocycles. The quantitative estimate of drug-likeness (QED) is 0.589. The Morgan fingerprint density at radius 1 is 0.577 bits per heavy atom. The Hall–Kier alpha value is -1.76. The molecule has 6 heteroatoms. The molecule has 0 radical (unpaired) electrons. The fourth-order valence-electron chi connectivity index (χ4n) is 2.63. The summed E-state index contributed by atoms with van der Waals surface area (Å²) in [5.41, 5.74) is 0. The third kappa shape index (κ3) is 4.69. The van der Waals surface area contributed by atoms with Crippen molar-refractivity contribution in [3.8, 4) is 0 Å². The van der Waals surface area contributed by atoms with E-state index in [1.54, 1.807) is 0 Å². The summed E-state index contributed by atoms with van der Waals surface area (Å²) in [5.74, 6) is -1.87. The van der Waals surface area contributed by atoms with Crippen LogP contribution in [0.5, 0.6) is 0 Å². The molecular formula is C20H28O4P2. The summed E-state index contributed by atoms with van der Waals surface area (Å²) in [6.07, 6.45) is 0. The Balaban J connectivity index is 2.22. The van der Waals surface area contributed by atoms with Gasteiger partial charge in [0.05, 0.1) is 0 Å². The molecule has 0 unspecified atom stereocenters. The molecule has 0 aliphatic rings. The van der Waals surface area contributed by atoms with Crippen LogP contribution < -0.4 is 10.6 Å². The van der Waals surface area contributed by atoms with Crippen molar-refractivity contribution in [1.82, 2.24) is 0 Å². The van der Waals surface area contributed by atoms with E-state index in [1.165, 1.54) is 0 Å². The van der Waals surface area contributed by atoms with Gasteiger partial charge in [0.2, 0.25) is 0 Å². The van der Waals surface area contributed by atoms with Gasteiger partial charge in [-0.2, -0.15) is 0 Å². The Kier molecular flexibility index (Phi) is 5.09. The summed E-state index contributed by atoms with van der Waals surface area (Å²) in [6.45, 7) is 5.37. The first-order valence-corrected chi connectivity index (χ1v) is 15.4. The van der Waals surface area contributed by atoms with Gasteiger partial charge >= 0.3 is 155 Å². The third-order valence-corrected chi connectivity index (χ3v) is 9.97. The van der Waals surface area contributed by atoms with Gasteiger partial charge in [0.15, 0.2) is 0 Å². The first kappa shape index (κ1) is 20.6.